The standard InChI is InChI=1S/C11H11NO2.C2H6/c1-7-3-5-9(14-2)11-8(7)4-6-10(13)12-11;1-2/h3-6H,1-2H3,(H,12,13);1-2H3. The number of pyridine rings is 1. The minimum atomic E-state index is -0.110. The number of hydrogen-bond donors (Lipinski definition) is 1. The summed E-state index contributed by atoms with van der Waals surface area (Å²) in [6.07, 6.45) is 0. The van der Waals surface area contributed by atoms with Gasteiger partial charge >= 0.3 is 0 Å². The lowest BCUT2D eigenvalue weighted by Crippen LogP contribution is -2.03. The monoisotopic (exact) mass is 219 g/mol. The van der Waals surface area contributed by atoms with Crippen LogP contribution < -0.4 is 10.3 Å². The first-order chi connectivity index (χ1) is 7.72. The van der Waals surface area contributed by atoms with Crippen molar-refractivity contribution in [2.45, 2.75) is 20.8 Å². The summed E-state index contributed by atoms with van der Waals surface area (Å²) < 4.78 is 5.17. The molecule has 0 aliphatic carbocycles. The van der Waals surface area contributed by atoms with E-state index in [0.717, 1.165) is 16.5 Å². The van der Waals surface area contributed by atoms with Crippen LogP contribution in [0.3, 0.4) is 0 Å². The van der Waals surface area contributed by atoms with Gasteiger partial charge in [0.05, 0.1) is 12.6 Å². The Labute approximate surface area is 95.1 Å². The van der Waals surface area contributed by atoms with Crippen LogP contribution in [0, 0.1) is 6.92 Å². The van der Waals surface area contributed by atoms with E-state index in [2.05, 4.69) is 4.98 Å². The fourth-order valence-electron chi connectivity index (χ4n) is 1.54. The summed E-state index contributed by atoms with van der Waals surface area (Å²) in [5.41, 5.74) is 1.78. The van der Waals surface area contributed by atoms with Gasteiger partial charge in [0.25, 0.3) is 0 Å². The molecule has 16 heavy (non-hydrogen) atoms. The van der Waals surface area contributed by atoms with Crippen molar-refractivity contribution in [2.75, 3.05) is 7.11 Å². The first-order valence-electron chi connectivity index (χ1n) is 5.39. The van der Waals surface area contributed by atoms with Crippen molar-refractivity contribution in [3.63, 3.8) is 0 Å². The number of benzene rings is 1. The molecule has 0 aliphatic rings. The largest absolute Gasteiger partial charge is 0.495 e. The molecule has 1 aromatic heterocycles. The van der Waals surface area contributed by atoms with Crippen LogP contribution in [0.2, 0.25) is 0 Å². The molecule has 1 aromatic carbocycles. The van der Waals surface area contributed by atoms with E-state index in [1.807, 2.05) is 39.0 Å². The first-order valence-corrected chi connectivity index (χ1v) is 5.39. The average molecular weight is 219 g/mol. The second kappa shape index (κ2) is 5.35. The third-order valence-corrected chi connectivity index (χ3v) is 2.29. The smallest absolute Gasteiger partial charge is 0.248 e. The zero-order valence-electron chi connectivity index (χ0n) is 10.1. The number of aromatic amines is 1. The minimum Gasteiger partial charge on any atom is -0.495 e. The minimum absolute atomic E-state index is 0.110. The van der Waals surface area contributed by atoms with Crippen molar-refractivity contribution < 1.29 is 4.74 Å². The molecule has 1 N–H and O–H groups in total. The molecule has 0 spiro atoms. The number of H-pyrrole nitrogens is 1. The van der Waals surface area contributed by atoms with Gasteiger partial charge in [0.2, 0.25) is 5.56 Å². The van der Waals surface area contributed by atoms with Gasteiger partial charge in [0, 0.05) is 11.5 Å². The third-order valence-electron chi connectivity index (χ3n) is 2.29. The molecule has 0 bridgehead atoms. The van der Waals surface area contributed by atoms with Gasteiger partial charge in [-0.1, -0.05) is 19.9 Å². The van der Waals surface area contributed by atoms with Gasteiger partial charge in [-0.2, -0.15) is 0 Å². The van der Waals surface area contributed by atoms with Gasteiger partial charge < -0.3 is 9.72 Å². The lowest BCUT2D eigenvalue weighted by Gasteiger charge is -2.06. The molecular formula is C13H17NO2. The van der Waals surface area contributed by atoms with Gasteiger partial charge in [0.1, 0.15) is 5.75 Å². The molecule has 3 nitrogen and oxygen atoms in total. The predicted molar refractivity (Wildman–Crippen MR) is 67.2 cm³/mol. The third kappa shape index (κ3) is 2.24. The molecule has 0 radical (unpaired) electrons. The molecule has 0 amide bonds. The zero-order chi connectivity index (χ0) is 12.1. The van der Waals surface area contributed by atoms with E-state index in [1.165, 1.54) is 6.07 Å². The van der Waals surface area contributed by atoms with Gasteiger partial charge in [-0.25, -0.2) is 0 Å². The second-order valence-corrected chi connectivity index (χ2v) is 3.20. The maximum Gasteiger partial charge on any atom is 0.248 e. The van der Waals surface area contributed by atoms with E-state index < -0.39 is 0 Å². The number of hydrogen-bond acceptors (Lipinski definition) is 2. The molecule has 0 aliphatic heterocycles. The van der Waals surface area contributed by atoms with E-state index in [0.29, 0.717) is 5.75 Å². The highest BCUT2D eigenvalue weighted by Gasteiger charge is 2.03. The maximum absolute atomic E-state index is 11.2. The van der Waals surface area contributed by atoms with Crippen molar-refractivity contribution in [1.82, 2.24) is 4.98 Å². The Morgan fingerprint density at radius 1 is 1.12 bits per heavy atom. The molecule has 0 unspecified atom stereocenters. The predicted octanol–water partition coefficient (Wildman–Crippen LogP) is 2.87. The summed E-state index contributed by atoms with van der Waals surface area (Å²) in [6.45, 7) is 6.00. The highest BCUT2D eigenvalue weighted by atomic mass is 16.5. The van der Waals surface area contributed by atoms with Crippen molar-refractivity contribution in [3.8, 4) is 5.75 Å². The molecule has 0 atom stereocenters. The molecule has 86 valence electrons. The molecule has 3 heteroatoms. The van der Waals surface area contributed by atoms with E-state index in [1.54, 1.807) is 7.11 Å². The molecule has 0 fully saturated rings. The van der Waals surface area contributed by atoms with E-state index >= 15 is 0 Å². The Morgan fingerprint density at radius 3 is 2.44 bits per heavy atom. The zero-order valence-corrected chi connectivity index (χ0v) is 10.1. The maximum atomic E-state index is 11.2. The van der Waals surface area contributed by atoms with Crippen LogP contribution in [0.25, 0.3) is 10.9 Å². The number of methoxy groups -OCH3 is 1. The van der Waals surface area contributed by atoms with Crippen LogP contribution in [-0.4, -0.2) is 12.1 Å². The van der Waals surface area contributed by atoms with Crippen LogP contribution in [0.1, 0.15) is 19.4 Å². The number of aryl methyl sites for hydroxylation is 1. The van der Waals surface area contributed by atoms with Crippen LogP contribution in [0.5, 0.6) is 5.75 Å². The molecule has 2 aromatic rings. The summed E-state index contributed by atoms with van der Waals surface area (Å²) >= 11 is 0. The summed E-state index contributed by atoms with van der Waals surface area (Å²) in [5.74, 6) is 0.698. The van der Waals surface area contributed by atoms with Crippen molar-refractivity contribution >= 4 is 10.9 Å². The van der Waals surface area contributed by atoms with Crippen LogP contribution in [-0.2, 0) is 0 Å². The van der Waals surface area contributed by atoms with Crippen LogP contribution >= 0.6 is 0 Å². The van der Waals surface area contributed by atoms with E-state index in [-0.39, 0.29) is 5.56 Å². The molecule has 1 heterocycles. The van der Waals surface area contributed by atoms with Gasteiger partial charge in [-0.3, -0.25) is 4.79 Å². The highest BCUT2D eigenvalue weighted by Crippen LogP contribution is 2.24. The topological polar surface area (TPSA) is 42.1 Å². The van der Waals surface area contributed by atoms with Crippen molar-refractivity contribution in [1.29, 1.82) is 0 Å². The fourth-order valence-corrected chi connectivity index (χ4v) is 1.54. The first kappa shape index (κ1) is 12.3. The van der Waals surface area contributed by atoms with Gasteiger partial charge in [-0.15, -0.1) is 0 Å². The Bertz CT molecular complexity index is 529. The van der Waals surface area contributed by atoms with Gasteiger partial charge in [0.15, 0.2) is 0 Å². The summed E-state index contributed by atoms with van der Waals surface area (Å²) in [6, 6.07) is 7.16. The lowest BCUT2D eigenvalue weighted by atomic mass is 10.1. The van der Waals surface area contributed by atoms with E-state index in [4.69, 9.17) is 4.74 Å². The Balaban J connectivity index is 0.000000606. The normalized spacial score (nSPS) is 9.50. The summed E-state index contributed by atoms with van der Waals surface area (Å²) in [7, 11) is 1.59. The molecule has 2 rings (SSSR count). The fraction of sp³-hybridized carbons (Fsp3) is 0.308. The Kier molecular flexibility index (Phi) is 4.11. The number of aromatic nitrogens is 1. The Morgan fingerprint density at radius 2 is 1.81 bits per heavy atom. The van der Waals surface area contributed by atoms with Gasteiger partial charge in [-0.05, 0) is 24.6 Å². The molecular weight excluding hydrogens is 202 g/mol. The summed E-state index contributed by atoms with van der Waals surface area (Å²) in [4.78, 5) is 13.9. The number of rotatable bonds is 1. The average Bonchev–Trinajstić information content (AvgIpc) is 2.32. The molecule has 0 saturated carbocycles. The number of ether oxygens (including phenoxy) is 1. The lowest BCUT2D eigenvalue weighted by molar-refractivity contribution is 0.418. The van der Waals surface area contributed by atoms with Crippen molar-refractivity contribution in [3.05, 3.63) is 40.2 Å². The van der Waals surface area contributed by atoms with E-state index in [9.17, 15) is 4.79 Å². The molecule has 0 saturated heterocycles. The summed E-state index contributed by atoms with van der Waals surface area (Å²) in [5, 5.41) is 1.02. The quantitative estimate of drug-likeness (QED) is 0.801. The number of fused-ring (bicyclic) bond motifs is 1. The van der Waals surface area contributed by atoms with Crippen molar-refractivity contribution in [2.24, 2.45) is 0 Å². The number of nitrogens with one attached hydrogen (secondary N) is 1. The SMILES string of the molecule is CC.COc1ccc(C)c2ccc(=O)[nH]c12. The van der Waals surface area contributed by atoms with Crippen LogP contribution in [0.4, 0.5) is 0 Å². The second-order valence-electron chi connectivity index (χ2n) is 3.20. The van der Waals surface area contributed by atoms with Crippen LogP contribution in [0.15, 0.2) is 29.1 Å². The Hall–Kier alpha value is -1.77. The highest BCUT2D eigenvalue weighted by molar-refractivity contribution is 5.87.